The van der Waals surface area contributed by atoms with E-state index in [2.05, 4.69) is 34.9 Å². The third-order valence-corrected chi connectivity index (χ3v) is 8.77. The number of carbonyl (C=O) groups is 2. The molecular formula is C29H34N2O2. The lowest BCUT2D eigenvalue weighted by Gasteiger charge is -2.08. The molecule has 4 nitrogen and oxygen atoms in total. The van der Waals surface area contributed by atoms with E-state index in [9.17, 15) is 9.59 Å². The number of amides is 2. The van der Waals surface area contributed by atoms with Gasteiger partial charge in [0.25, 0.3) is 0 Å². The van der Waals surface area contributed by atoms with Gasteiger partial charge in [-0.05, 0) is 91.2 Å². The van der Waals surface area contributed by atoms with Crippen LogP contribution in [0.4, 0.5) is 11.4 Å². The highest BCUT2D eigenvalue weighted by atomic mass is 16.2. The highest BCUT2D eigenvalue weighted by Gasteiger charge is 2.55. The number of nitrogens with one attached hydrogen (secondary N) is 2. The Kier molecular flexibility index (Phi) is 5.48. The van der Waals surface area contributed by atoms with Crippen LogP contribution in [0, 0.1) is 35.5 Å². The predicted octanol–water partition coefficient (Wildman–Crippen LogP) is 6.03. The number of hydrogen-bond donors (Lipinski definition) is 2. The fourth-order valence-corrected chi connectivity index (χ4v) is 6.86. The van der Waals surface area contributed by atoms with Crippen molar-refractivity contribution in [1.29, 1.82) is 0 Å². The van der Waals surface area contributed by atoms with Gasteiger partial charge in [-0.3, -0.25) is 9.59 Å². The van der Waals surface area contributed by atoms with Gasteiger partial charge in [-0.25, -0.2) is 0 Å². The summed E-state index contributed by atoms with van der Waals surface area (Å²) in [5.74, 6) is 3.47. The number of carbonyl (C=O) groups excluding carboxylic acids is 2. The Balaban J connectivity index is 1.00. The molecule has 0 unspecified atom stereocenters. The molecule has 0 heterocycles. The van der Waals surface area contributed by atoms with Crippen molar-refractivity contribution in [2.24, 2.45) is 35.5 Å². The van der Waals surface area contributed by atoms with Gasteiger partial charge in [0.15, 0.2) is 0 Å². The molecule has 4 aliphatic rings. The number of fused-ring (bicyclic) bond motifs is 2. The molecule has 172 valence electrons. The lowest BCUT2D eigenvalue weighted by molar-refractivity contribution is -0.118. The van der Waals surface area contributed by atoms with Crippen LogP contribution < -0.4 is 10.6 Å². The summed E-state index contributed by atoms with van der Waals surface area (Å²) in [5, 5.41) is 6.26. The van der Waals surface area contributed by atoms with Gasteiger partial charge >= 0.3 is 0 Å². The van der Waals surface area contributed by atoms with Gasteiger partial charge < -0.3 is 10.6 Å². The van der Waals surface area contributed by atoms with Gasteiger partial charge in [-0.2, -0.15) is 0 Å². The molecule has 0 aromatic heterocycles. The second kappa shape index (κ2) is 8.62. The van der Waals surface area contributed by atoms with Crippen LogP contribution in [0.2, 0.25) is 0 Å². The summed E-state index contributed by atoms with van der Waals surface area (Å²) in [6, 6.07) is 16.5. The fraction of sp³-hybridized carbons (Fsp3) is 0.517. The Morgan fingerprint density at radius 2 is 0.909 bits per heavy atom. The molecule has 2 aromatic rings. The van der Waals surface area contributed by atoms with Crippen molar-refractivity contribution in [3.8, 4) is 0 Å². The minimum Gasteiger partial charge on any atom is -0.326 e. The molecule has 0 saturated heterocycles. The van der Waals surface area contributed by atoms with E-state index < -0.39 is 0 Å². The lowest BCUT2D eigenvalue weighted by Crippen LogP contribution is -2.15. The molecule has 4 fully saturated rings. The minimum absolute atomic E-state index is 0.211. The minimum atomic E-state index is 0.211. The first-order valence-corrected chi connectivity index (χ1v) is 13.0. The number of hydrogen-bond acceptors (Lipinski definition) is 2. The Labute approximate surface area is 196 Å². The summed E-state index contributed by atoms with van der Waals surface area (Å²) in [4.78, 5) is 25.2. The molecule has 2 aromatic carbocycles. The molecule has 4 heteroatoms. The molecule has 0 bridgehead atoms. The largest absolute Gasteiger partial charge is 0.326 e. The first-order valence-electron chi connectivity index (χ1n) is 13.0. The molecule has 2 amide bonds. The summed E-state index contributed by atoms with van der Waals surface area (Å²) < 4.78 is 0. The Morgan fingerprint density at radius 1 is 0.576 bits per heavy atom. The van der Waals surface area contributed by atoms with E-state index in [-0.39, 0.29) is 23.7 Å². The van der Waals surface area contributed by atoms with Crippen molar-refractivity contribution in [1.82, 2.24) is 0 Å². The molecule has 0 spiro atoms. The van der Waals surface area contributed by atoms with Gasteiger partial charge in [0.05, 0.1) is 0 Å². The highest BCUT2D eigenvalue weighted by Crippen LogP contribution is 2.56. The lowest BCUT2D eigenvalue weighted by atomic mass is 10.0. The van der Waals surface area contributed by atoms with Gasteiger partial charge in [-0.15, -0.1) is 0 Å². The Morgan fingerprint density at radius 3 is 1.24 bits per heavy atom. The highest BCUT2D eigenvalue weighted by molar-refractivity contribution is 5.95. The van der Waals surface area contributed by atoms with Crippen molar-refractivity contribution >= 4 is 23.2 Å². The fourth-order valence-electron chi connectivity index (χ4n) is 6.86. The van der Waals surface area contributed by atoms with E-state index in [0.29, 0.717) is 23.7 Å². The van der Waals surface area contributed by atoms with Gasteiger partial charge in [-0.1, -0.05) is 49.9 Å². The van der Waals surface area contributed by atoms with Crippen LogP contribution in [0.3, 0.4) is 0 Å². The molecule has 4 atom stereocenters. The van der Waals surface area contributed by atoms with Crippen LogP contribution in [0.5, 0.6) is 0 Å². The molecule has 33 heavy (non-hydrogen) atoms. The van der Waals surface area contributed by atoms with Crippen LogP contribution in [-0.2, 0) is 16.0 Å². The summed E-state index contributed by atoms with van der Waals surface area (Å²) in [5.41, 5.74) is 4.22. The van der Waals surface area contributed by atoms with E-state index in [4.69, 9.17) is 0 Å². The Bertz CT molecular complexity index is 921. The Hall–Kier alpha value is -2.62. The van der Waals surface area contributed by atoms with E-state index in [1.54, 1.807) is 0 Å². The average molecular weight is 443 g/mol. The van der Waals surface area contributed by atoms with Crippen molar-refractivity contribution in [2.45, 2.75) is 57.8 Å². The van der Waals surface area contributed by atoms with Gasteiger partial charge in [0.2, 0.25) is 11.8 Å². The van der Waals surface area contributed by atoms with Crippen molar-refractivity contribution < 1.29 is 9.59 Å². The van der Waals surface area contributed by atoms with Gasteiger partial charge in [0.1, 0.15) is 0 Å². The van der Waals surface area contributed by atoms with Crippen molar-refractivity contribution in [3.05, 3.63) is 59.7 Å². The molecule has 2 N–H and O–H groups in total. The van der Waals surface area contributed by atoms with Crippen LogP contribution in [0.15, 0.2) is 48.5 Å². The van der Waals surface area contributed by atoms with Crippen molar-refractivity contribution in [3.63, 3.8) is 0 Å². The van der Waals surface area contributed by atoms with Gasteiger partial charge in [0, 0.05) is 23.2 Å². The smallest absolute Gasteiger partial charge is 0.228 e. The third-order valence-electron chi connectivity index (χ3n) is 8.77. The SMILES string of the molecule is O=C(Nc1ccc(Cc2ccc(NC(=O)C3[C@@H]4CCCC[C@@H]34)cc2)cc1)C1[C@H]2CCCC[C@H]12. The molecule has 4 saturated carbocycles. The van der Waals surface area contributed by atoms with E-state index in [1.165, 1.54) is 62.5 Å². The zero-order valence-electron chi connectivity index (χ0n) is 19.3. The quantitative estimate of drug-likeness (QED) is 0.574. The monoisotopic (exact) mass is 442 g/mol. The first kappa shape index (κ1) is 20.9. The standard InChI is InChI=1S/C29H34N2O2/c32-28(26-22-5-1-2-6-23(22)26)30-20-13-9-18(10-14-20)17-19-11-15-21(16-12-19)31-29(33)27-24-7-3-4-8-25(24)27/h9-16,22-27H,1-8,17H2,(H,30,32)(H,31,33)/t22-,23-,24+,25+. The maximum atomic E-state index is 12.6. The molecule has 6 rings (SSSR count). The van der Waals surface area contributed by atoms with Crippen LogP contribution in [-0.4, -0.2) is 11.8 Å². The van der Waals surface area contributed by atoms with Crippen molar-refractivity contribution in [2.75, 3.05) is 10.6 Å². The van der Waals surface area contributed by atoms with Crippen LogP contribution in [0.1, 0.15) is 62.5 Å². The molecule has 0 aliphatic heterocycles. The zero-order valence-corrected chi connectivity index (χ0v) is 19.3. The number of anilines is 2. The topological polar surface area (TPSA) is 58.2 Å². The van der Waals surface area contributed by atoms with E-state index in [1.807, 2.05) is 24.3 Å². The maximum Gasteiger partial charge on any atom is 0.228 e. The number of benzene rings is 2. The van der Waals surface area contributed by atoms with E-state index >= 15 is 0 Å². The predicted molar refractivity (Wildman–Crippen MR) is 131 cm³/mol. The summed E-state index contributed by atoms with van der Waals surface area (Å²) in [7, 11) is 0. The average Bonchev–Trinajstić information content (AvgIpc) is 3.74. The second-order valence-electron chi connectivity index (χ2n) is 10.8. The molecule has 4 aliphatic carbocycles. The van der Waals surface area contributed by atoms with Crippen LogP contribution >= 0.6 is 0 Å². The summed E-state index contributed by atoms with van der Waals surface area (Å²) >= 11 is 0. The van der Waals surface area contributed by atoms with Crippen LogP contribution in [0.25, 0.3) is 0 Å². The van der Waals surface area contributed by atoms with E-state index in [0.717, 1.165) is 17.8 Å². The molecular weight excluding hydrogens is 408 g/mol. The second-order valence-corrected chi connectivity index (χ2v) is 10.8. The number of rotatable bonds is 6. The zero-order chi connectivity index (χ0) is 22.4. The third kappa shape index (κ3) is 4.32. The normalized spacial score (nSPS) is 31.6. The molecule has 0 radical (unpaired) electrons. The summed E-state index contributed by atoms with van der Waals surface area (Å²) in [6.07, 6.45) is 10.9. The first-order chi connectivity index (χ1) is 16.2. The maximum absolute atomic E-state index is 12.6. The summed E-state index contributed by atoms with van der Waals surface area (Å²) in [6.45, 7) is 0.